The third-order valence-electron chi connectivity index (χ3n) is 3.26. The molecule has 0 bridgehead atoms. The Hall–Kier alpha value is -0.870. The molecule has 0 amide bonds. The summed E-state index contributed by atoms with van der Waals surface area (Å²) < 4.78 is 1.08. The van der Waals surface area contributed by atoms with E-state index >= 15 is 0 Å². The van der Waals surface area contributed by atoms with E-state index in [0.29, 0.717) is 5.84 Å². The van der Waals surface area contributed by atoms with Crippen LogP contribution in [0.2, 0.25) is 0 Å². The van der Waals surface area contributed by atoms with E-state index in [-0.39, 0.29) is 0 Å². The molecular formula is C13H18BrN3. The van der Waals surface area contributed by atoms with Crippen molar-refractivity contribution >= 4 is 21.8 Å². The quantitative estimate of drug-likeness (QED) is 0.637. The van der Waals surface area contributed by atoms with Gasteiger partial charge in [0.2, 0.25) is 0 Å². The monoisotopic (exact) mass is 295 g/mol. The first-order valence-electron chi connectivity index (χ1n) is 5.86. The van der Waals surface area contributed by atoms with Crippen molar-refractivity contribution in [1.29, 1.82) is 5.41 Å². The Bertz CT molecular complexity index is 423. The number of nitrogens with zero attached hydrogens (tertiary/aromatic N) is 2. The molecule has 0 aliphatic carbocycles. The lowest BCUT2D eigenvalue weighted by atomic mass is 10.1. The van der Waals surface area contributed by atoms with Crippen LogP contribution in [0, 0.1) is 12.3 Å². The van der Waals surface area contributed by atoms with Gasteiger partial charge in [0.05, 0.1) is 0 Å². The van der Waals surface area contributed by atoms with Crippen molar-refractivity contribution in [3.63, 3.8) is 0 Å². The first kappa shape index (κ1) is 12.6. The van der Waals surface area contributed by atoms with Crippen molar-refractivity contribution in [3.8, 4) is 0 Å². The largest absolute Gasteiger partial charge is 0.354 e. The van der Waals surface area contributed by atoms with E-state index in [1.165, 1.54) is 5.56 Å². The maximum atomic E-state index is 8.24. The highest BCUT2D eigenvalue weighted by Crippen LogP contribution is 2.19. The first-order chi connectivity index (χ1) is 8.08. The topological polar surface area (TPSA) is 30.3 Å². The molecule has 2 rings (SSSR count). The van der Waals surface area contributed by atoms with E-state index in [4.69, 9.17) is 5.41 Å². The molecule has 1 aromatic carbocycles. The Labute approximate surface area is 111 Å². The van der Waals surface area contributed by atoms with Gasteiger partial charge in [-0.2, -0.15) is 0 Å². The molecule has 0 atom stereocenters. The van der Waals surface area contributed by atoms with Crippen LogP contribution < -0.4 is 0 Å². The number of halogens is 1. The average Bonchev–Trinajstić information content (AvgIpc) is 2.33. The summed E-state index contributed by atoms with van der Waals surface area (Å²) in [5, 5.41) is 8.24. The number of piperazine rings is 1. The smallest absolute Gasteiger partial charge is 0.128 e. The van der Waals surface area contributed by atoms with Crippen LogP contribution in [0.25, 0.3) is 0 Å². The van der Waals surface area contributed by atoms with Crippen molar-refractivity contribution < 1.29 is 0 Å². The molecule has 0 aromatic heterocycles. The van der Waals surface area contributed by atoms with Gasteiger partial charge in [0.25, 0.3) is 0 Å². The fraction of sp³-hybridized carbons (Fsp3) is 0.462. The Morgan fingerprint density at radius 1 is 1.24 bits per heavy atom. The summed E-state index contributed by atoms with van der Waals surface area (Å²) in [4.78, 5) is 4.45. The molecule has 1 heterocycles. The minimum Gasteiger partial charge on any atom is -0.354 e. The molecule has 0 saturated carbocycles. The summed E-state index contributed by atoms with van der Waals surface area (Å²) in [5.74, 6) is 0.638. The molecule has 0 unspecified atom stereocenters. The molecule has 1 aliphatic heterocycles. The molecule has 4 heteroatoms. The van der Waals surface area contributed by atoms with Gasteiger partial charge in [-0.15, -0.1) is 0 Å². The molecular weight excluding hydrogens is 278 g/mol. The maximum Gasteiger partial charge on any atom is 0.128 e. The van der Waals surface area contributed by atoms with Crippen LogP contribution in [0.3, 0.4) is 0 Å². The van der Waals surface area contributed by atoms with Gasteiger partial charge in [-0.05, 0) is 25.6 Å². The van der Waals surface area contributed by atoms with E-state index in [2.05, 4.69) is 45.8 Å². The molecule has 1 aromatic rings. The van der Waals surface area contributed by atoms with Gasteiger partial charge in [-0.1, -0.05) is 28.1 Å². The number of benzene rings is 1. The highest BCUT2D eigenvalue weighted by Gasteiger charge is 2.17. The highest BCUT2D eigenvalue weighted by atomic mass is 79.9. The van der Waals surface area contributed by atoms with Gasteiger partial charge in [-0.25, -0.2) is 0 Å². The van der Waals surface area contributed by atoms with Crippen molar-refractivity contribution in [3.05, 3.63) is 33.8 Å². The van der Waals surface area contributed by atoms with Gasteiger partial charge >= 0.3 is 0 Å². The van der Waals surface area contributed by atoms with Gasteiger partial charge in [0, 0.05) is 36.2 Å². The minimum absolute atomic E-state index is 0.638. The van der Waals surface area contributed by atoms with E-state index in [9.17, 15) is 0 Å². The van der Waals surface area contributed by atoms with Gasteiger partial charge in [-0.3, -0.25) is 5.41 Å². The van der Waals surface area contributed by atoms with Gasteiger partial charge < -0.3 is 9.80 Å². The van der Waals surface area contributed by atoms with E-state index in [1.54, 1.807) is 0 Å². The van der Waals surface area contributed by atoms with Gasteiger partial charge in [0.15, 0.2) is 0 Å². The van der Waals surface area contributed by atoms with Crippen molar-refractivity contribution in [1.82, 2.24) is 9.80 Å². The lowest BCUT2D eigenvalue weighted by Crippen LogP contribution is -2.47. The number of hydrogen-bond donors (Lipinski definition) is 1. The molecule has 0 radical (unpaired) electrons. The summed E-state index contributed by atoms with van der Waals surface area (Å²) in [6.45, 7) is 6.03. The van der Waals surface area contributed by atoms with Crippen molar-refractivity contribution in [2.24, 2.45) is 0 Å². The Kier molecular flexibility index (Phi) is 3.84. The molecule has 92 valence electrons. The van der Waals surface area contributed by atoms with Crippen LogP contribution in [-0.4, -0.2) is 48.9 Å². The molecule has 3 nitrogen and oxygen atoms in total. The van der Waals surface area contributed by atoms with Crippen LogP contribution in [0.1, 0.15) is 11.1 Å². The van der Waals surface area contributed by atoms with Crippen molar-refractivity contribution in [2.75, 3.05) is 33.2 Å². The van der Waals surface area contributed by atoms with E-state index in [0.717, 1.165) is 36.2 Å². The standard InChI is InChI=1S/C13H18BrN3/c1-10-3-4-11(9-12(10)14)13(15)17-7-5-16(2)6-8-17/h3-4,9,15H,5-8H2,1-2H3. The van der Waals surface area contributed by atoms with Crippen molar-refractivity contribution in [2.45, 2.75) is 6.92 Å². The summed E-state index contributed by atoms with van der Waals surface area (Å²) in [5.41, 5.74) is 2.20. The summed E-state index contributed by atoms with van der Waals surface area (Å²) in [6.07, 6.45) is 0. The fourth-order valence-corrected chi connectivity index (χ4v) is 2.33. The van der Waals surface area contributed by atoms with Crippen LogP contribution in [-0.2, 0) is 0 Å². The molecule has 1 fully saturated rings. The number of amidine groups is 1. The lowest BCUT2D eigenvalue weighted by Gasteiger charge is -2.34. The molecule has 1 N–H and O–H groups in total. The number of rotatable bonds is 1. The van der Waals surface area contributed by atoms with E-state index < -0.39 is 0 Å². The average molecular weight is 296 g/mol. The summed E-state index contributed by atoms with van der Waals surface area (Å²) in [6, 6.07) is 6.13. The Morgan fingerprint density at radius 2 is 1.88 bits per heavy atom. The van der Waals surface area contributed by atoms with Crippen LogP contribution in [0.15, 0.2) is 22.7 Å². The third kappa shape index (κ3) is 2.87. The van der Waals surface area contributed by atoms with Crippen LogP contribution in [0.4, 0.5) is 0 Å². The lowest BCUT2D eigenvalue weighted by molar-refractivity contribution is 0.215. The number of aryl methyl sites for hydroxylation is 1. The predicted octanol–water partition coefficient (Wildman–Crippen LogP) is 2.33. The Balaban J connectivity index is 2.11. The zero-order valence-corrected chi connectivity index (χ0v) is 11.9. The van der Waals surface area contributed by atoms with Gasteiger partial charge in [0.1, 0.15) is 5.84 Å². The zero-order valence-electron chi connectivity index (χ0n) is 10.3. The predicted molar refractivity (Wildman–Crippen MR) is 74.8 cm³/mol. The van der Waals surface area contributed by atoms with E-state index in [1.807, 2.05) is 12.1 Å². The number of likely N-dealkylation sites (N-methyl/N-ethyl adjacent to an activating group) is 1. The summed E-state index contributed by atoms with van der Waals surface area (Å²) >= 11 is 3.52. The zero-order chi connectivity index (χ0) is 12.4. The normalized spacial score (nSPS) is 17.2. The highest BCUT2D eigenvalue weighted by molar-refractivity contribution is 9.10. The number of hydrogen-bond acceptors (Lipinski definition) is 2. The van der Waals surface area contributed by atoms with Crippen LogP contribution >= 0.6 is 15.9 Å². The molecule has 1 saturated heterocycles. The third-order valence-corrected chi connectivity index (χ3v) is 4.12. The fourth-order valence-electron chi connectivity index (χ4n) is 1.95. The molecule has 17 heavy (non-hydrogen) atoms. The SMILES string of the molecule is Cc1ccc(C(=N)N2CCN(C)CC2)cc1Br. The number of nitrogens with one attached hydrogen (secondary N) is 1. The maximum absolute atomic E-state index is 8.24. The minimum atomic E-state index is 0.638. The second kappa shape index (κ2) is 5.19. The molecule has 0 spiro atoms. The second-order valence-corrected chi connectivity index (χ2v) is 5.46. The molecule has 1 aliphatic rings. The van der Waals surface area contributed by atoms with Crippen LogP contribution in [0.5, 0.6) is 0 Å². The Morgan fingerprint density at radius 3 is 2.47 bits per heavy atom. The first-order valence-corrected chi connectivity index (χ1v) is 6.66. The summed E-state index contributed by atoms with van der Waals surface area (Å²) in [7, 11) is 2.13. The second-order valence-electron chi connectivity index (χ2n) is 4.60.